The Bertz CT molecular complexity index is 1530. The van der Waals surface area contributed by atoms with Crippen molar-refractivity contribution in [2.24, 2.45) is 28.6 Å². The van der Waals surface area contributed by atoms with Crippen LogP contribution in [0.1, 0.15) is 85.8 Å². The first-order valence-electron chi connectivity index (χ1n) is 19.0. The van der Waals surface area contributed by atoms with Gasteiger partial charge in [0.05, 0.1) is 12.1 Å². The van der Waals surface area contributed by atoms with Crippen molar-refractivity contribution in [2.75, 3.05) is 19.7 Å². The van der Waals surface area contributed by atoms with Crippen LogP contribution in [0, 0.1) is 28.6 Å². The van der Waals surface area contributed by atoms with Crippen LogP contribution in [0.2, 0.25) is 0 Å². The Morgan fingerprint density at radius 2 is 1.64 bits per heavy atom. The molecule has 13 nitrogen and oxygen atoms in total. The van der Waals surface area contributed by atoms with Crippen LogP contribution in [0.4, 0.5) is 9.59 Å². The highest BCUT2D eigenvalue weighted by atomic mass is 16.5. The summed E-state index contributed by atoms with van der Waals surface area (Å²) in [6.45, 7) is 19.4. The fourth-order valence-electron chi connectivity index (χ4n) is 7.83. The Balaban J connectivity index is 1.59. The molecule has 1 heterocycles. The minimum absolute atomic E-state index is 0.0533. The van der Waals surface area contributed by atoms with Gasteiger partial charge in [0.2, 0.25) is 17.6 Å². The number of carbonyl (C=O) groups is 6. The maximum Gasteiger partial charge on any atom is 0.407 e. The maximum absolute atomic E-state index is 14.8. The first-order valence-corrected chi connectivity index (χ1v) is 19.0. The molecule has 0 radical (unpaired) electrons. The molecular formula is C40H60N6O7. The van der Waals surface area contributed by atoms with E-state index in [-0.39, 0.29) is 54.7 Å². The van der Waals surface area contributed by atoms with E-state index in [1.54, 1.807) is 4.90 Å². The average molecular weight is 737 g/mol. The van der Waals surface area contributed by atoms with Crippen LogP contribution >= 0.6 is 0 Å². The first kappa shape index (κ1) is 41.3. The second kappa shape index (κ2) is 17.2. The molecule has 2 fully saturated rings. The number of nitrogens with zero attached hydrogens (tertiary/aromatic N) is 1. The molecule has 4 unspecified atom stereocenters. The molecule has 0 aromatic heterocycles. The van der Waals surface area contributed by atoms with Gasteiger partial charge in [-0.05, 0) is 72.8 Å². The van der Waals surface area contributed by atoms with E-state index in [1.165, 1.54) is 6.08 Å². The zero-order valence-electron chi connectivity index (χ0n) is 32.7. The van der Waals surface area contributed by atoms with Crippen molar-refractivity contribution in [1.82, 2.24) is 31.5 Å². The number of carbonyl (C=O) groups excluding carboxylic acids is 6. The summed E-state index contributed by atoms with van der Waals surface area (Å²) in [5, 5.41) is 14.0. The van der Waals surface area contributed by atoms with Gasteiger partial charge >= 0.3 is 12.1 Å². The minimum atomic E-state index is -1.05. The van der Waals surface area contributed by atoms with E-state index in [2.05, 4.69) is 47.0 Å². The Morgan fingerprint density at radius 1 is 1.00 bits per heavy atom. The van der Waals surface area contributed by atoms with Gasteiger partial charge in [0.1, 0.15) is 18.7 Å². The lowest BCUT2D eigenvalue weighted by Crippen LogP contribution is -2.61. The van der Waals surface area contributed by atoms with Crippen molar-refractivity contribution in [3.63, 3.8) is 0 Å². The second-order valence-corrected chi connectivity index (χ2v) is 16.8. The second-order valence-electron chi connectivity index (χ2n) is 16.8. The van der Waals surface area contributed by atoms with Crippen molar-refractivity contribution in [3.8, 4) is 0 Å². The lowest BCUT2D eigenvalue weighted by molar-refractivity contribution is -0.144. The molecule has 1 saturated carbocycles. The van der Waals surface area contributed by atoms with Gasteiger partial charge in [0.15, 0.2) is 0 Å². The third kappa shape index (κ3) is 9.97. The number of likely N-dealkylation sites (tertiary alicyclic amines) is 1. The van der Waals surface area contributed by atoms with Crippen LogP contribution in [-0.4, -0.2) is 90.4 Å². The van der Waals surface area contributed by atoms with Crippen molar-refractivity contribution in [3.05, 3.63) is 48.0 Å². The maximum atomic E-state index is 14.8. The van der Waals surface area contributed by atoms with Gasteiger partial charge in [-0.1, -0.05) is 84.7 Å². The van der Waals surface area contributed by atoms with Gasteiger partial charge in [-0.2, -0.15) is 0 Å². The lowest BCUT2D eigenvalue weighted by atomic mass is 9.87. The Morgan fingerprint density at radius 3 is 2.21 bits per heavy atom. The number of amides is 6. The number of rotatable bonds is 16. The topological polar surface area (TPSA) is 175 Å². The number of urea groups is 1. The molecule has 6 atom stereocenters. The number of alkyl carbamates (subject to hydrolysis) is 1. The molecule has 1 saturated heterocycles. The zero-order chi connectivity index (χ0) is 39.2. The molecule has 1 aliphatic heterocycles. The number of hydrogen-bond donors (Lipinski definition) is 5. The Labute approximate surface area is 314 Å². The highest BCUT2D eigenvalue weighted by Crippen LogP contribution is 2.65. The first-order chi connectivity index (χ1) is 24.9. The zero-order valence-corrected chi connectivity index (χ0v) is 32.7. The highest BCUT2D eigenvalue weighted by Gasteiger charge is 2.69. The SMILES string of the molecule is C=CCNC(=O)C(=O)C(CCCC)NC(=O)C1C2[C@H](CN1C(=O)C(NC(=O)N[C@H](COC(=O)NC(C)C)C(C)(C)C)C1Cc3ccccc3C1)C2(C)C. The van der Waals surface area contributed by atoms with E-state index in [4.69, 9.17) is 4.74 Å². The van der Waals surface area contributed by atoms with Gasteiger partial charge in [-0.3, -0.25) is 19.2 Å². The summed E-state index contributed by atoms with van der Waals surface area (Å²) in [7, 11) is 0. The minimum Gasteiger partial charge on any atom is -0.447 e. The lowest BCUT2D eigenvalue weighted by Gasteiger charge is -2.36. The van der Waals surface area contributed by atoms with E-state index in [9.17, 15) is 28.8 Å². The van der Waals surface area contributed by atoms with E-state index in [0.717, 1.165) is 17.5 Å². The molecule has 1 aromatic rings. The van der Waals surface area contributed by atoms with Crippen molar-refractivity contribution in [1.29, 1.82) is 0 Å². The predicted octanol–water partition coefficient (Wildman–Crippen LogP) is 3.65. The average Bonchev–Trinajstić information content (AvgIpc) is 3.44. The number of unbranched alkanes of at least 4 members (excludes halogenated alkanes) is 1. The molecule has 1 aromatic carbocycles. The Kier molecular flexibility index (Phi) is 13.4. The molecule has 2 aliphatic carbocycles. The quantitative estimate of drug-likeness (QED) is 0.127. The Hall–Kier alpha value is -4.42. The number of benzene rings is 1. The van der Waals surface area contributed by atoms with Crippen LogP contribution in [0.25, 0.3) is 0 Å². The third-order valence-electron chi connectivity index (χ3n) is 11.1. The number of ether oxygens (including phenoxy) is 1. The van der Waals surface area contributed by atoms with Crippen molar-refractivity contribution >= 4 is 35.6 Å². The standard InChI is InChI=1S/C40H60N6O7/c1-10-12-17-28(33(47)35(49)41-18-11-2)43-34(48)32-30-27(40(30,8)9)21-46(32)36(50)31(26-19-24-15-13-14-16-25(24)20-26)45-37(51)44-29(39(5,6)7)22-53-38(52)42-23(3)4/h11,13-16,23,26-32H,2,10,12,17-22H2,1,3-9H3,(H,41,49)(H,42,52)(H,43,48)(H2,44,45,51)/t27-,28?,29+,30?,31?,32?/m0/s1. The van der Waals surface area contributed by atoms with Crippen LogP contribution in [0.5, 0.6) is 0 Å². The number of Topliss-reactive ketones (excluding diaryl/α,β-unsaturated/α-hetero) is 1. The molecule has 5 N–H and O–H groups in total. The van der Waals surface area contributed by atoms with Gasteiger partial charge in [0, 0.05) is 19.1 Å². The summed E-state index contributed by atoms with van der Waals surface area (Å²) >= 11 is 0. The number of nitrogens with one attached hydrogen (secondary N) is 5. The molecule has 6 amide bonds. The summed E-state index contributed by atoms with van der Waals surface area (Å²) < 4.78 is 5.44. The molecular weight excluding hydrogens is 676 g/mol. The molecule has 4 rings (SSSR count). The van der Waals surface area contributed by atoms with Crippen LogP contribution < -0.4 is 26.6 Å². The van der Waals surface area contributed by atoms with Crippen LogP contribution in [0.15, 0.2) is 36.9 Å². The van der Waals surface area contributed by atoms with Crippen LogP contribution in [0.3, 0.4) is 0 Å². The summed E-state index contributed by atoms with van der Waals surface area (Å²) in [4.78, 5) is 82.6. The molecule has 0 bridgehead atoms. The number of piperidine rings is 1. The van der Waals surface area contributed by atoms with E-state index >= 15 is 0 Å². The van der Waals surface area contributed by atoms with Crippen molar-refractivity contribution in [2.45, 2.75) is 118 Å². The summed E-state index contributed by atoms with van der Waals surface area (Å²) in [6.07, 6.45) is 3.65. The highest BCUT2D eigenvalue weighted by molar-refractivity contribution is 6.38. The number of ketones is 1. The molecule has 53 heavy (non-hydrogen) atoms. The normalized spacial score (nSPS) is 21.7. The largest absolute Gasteiger partial charge is 0.447 e. The molecule has 13 heteroatoms. The smallest absolute Gasteiger partial charge is 0.407 e. The van der Waals surface area contributed by atoms with Gasteiger partial charge < -0.3 is 36.2 Å². The summed E-state index contributed by atoms with van der Waals surface area (Å²) in [5.74, 6) is -2.78. The van der Waals surface area contributed by atoms with E-state index in [0.29, 0.717) is 25.8 Å². The number of hydrogen-bond acceptors (Lipinski definition) is 7. The van der Waals surface area contributed by atoms with Crippen molar-refractivity contribution < 1.29 is 33.5 Å². The molecule has 0 spiro atoms. The third-order valence-corrected chi connectivity index (χ3v) is 11.1. The summed E-state index contributed by atoms with van der Waals surface area (Å²) in [5.41, 5.74) is 1.48. The van der Waals surface area contributed by atoms with E-state index in [1.807, 2.05) is 65.8 Å². The fraction of sp³-hybridized carbons (Fsp3) is 0.650. The number of fused-ring (bicyclic) bond motifs is 2. The van der Waals surface area contributed by atoms with E-state index < -0.39 is 59.3 Å². The summed E-state index contributed by atoms with van der Waals surface area (Å²) in [6, 6.07) is 3.74. The molecule has 292 valence electrons. The van der Waals surface area contributed by atoms with Crippen LogP contribution in [-0.2, 0) is 36.8 Å². The van der Waals surface area contributed by atoms with Gasteiger partial charge in [-0.25, -0.2) is 9.59 Å². The molecule has 3 aliphatic rings. The van der Waals surface area contributed by atoms with Gasteiger partial charge in [-0.15, -0.1) is 6.58 Å². The predicted molar refractivity (Wildman–Crippen MR) is 202 cm³/mol. The monoisotopic (exact) mass is 736 g/mol. The van der Waals surface area contributed by atoms with Gasteiger partial charge in [0.25, 0.3) is 5.91 Å². The fourth-order valence-corrected chi connectivity index (χ4v) is 7.83.